The summed E-state index contributed by atoms with van der Waals surface area (Å²) in [7, 11) is 0. The van der Waals surface area contributed by atoms with Gasteiger partial charge in [-0.1, -0.05) is 12.1 Å². The predicted molar refractivity (Wildman–Crippen MR) is 62.8 cm³/mol. The predicted octanol–water partition coefficient (Wildman–Crippen LogP) is 4.20. The molecule has 21 heavy (non-hydrogen) atoms. The van der Waals surface area contributed by atoms with Gasteiger partial charge in [0.1, 0.15) is 17.4 Å². The zero-order chi connectivity index (χ0) is 15.6. The standard InChI is InChI=1S/C14H7F5O2/c15-8-5-6-11(16)9(7-8)13(20)21-12-4-2-1-3-10(12)14(17,18)19/h1-7H. The Morgan fingerprint density at radius 2 is 1.67 bits per heavy atom. The number of benzene rings is 2. The van der Waals surface area contributed by atoms with Crippen LogP contribution in [0, 0.1) is 11.6 Å². The summed E-state index contributed by atoms with van der Waals surface area (Å²) >= 11 is 0. The molecular formula is C14H7F5O2. The summed E-state index contributed by atoms with van der Waals surface area (Å²) in [5.41, 5.74) is -1.97. The van der Waals surface area contributed by atoms with Crippen molar-refractivity contribution in [3.8, 4) is 5.75 Å². The molecule has 0 unspecified atom stereocenters. The van der Waals surface area contributed by atoms with Crippen LogP contribution in [0.25, 0.3) is 0 Å². The Hall–Kier alpha value is -2.44. The Kier molecular flexibility index (Phi) is 3.93. The van der Waals surface area contributed by atoms with Crippen LogP contribution in [0.15, 0.2) is 42.5 Å². The molecule has 2 nitrogen and oxygen atoms in total. The van der Waals surface area contributed by atoms with E-state index in [9.17, 15) is 26.7 Å². The monoisotopic (exact) mass is 302 g/mol. The molecule has 0 bridgehead atoms. The highest BCUT2D eigenvalue weighted by molar-refractivity contribution is 5.91. The molecule has 2 aromatic rings. The molecule has 0 N–H and O–H groups in total. The van der Waals surface area contributed by atoms with Crippen LogP contribution < -0.4 is 4.74 Å². The van der Waals surface area contributed by atoms with Crippen LogP contribution in [-0.4, -0.2) is 5.97 Å². The summed E-state index contributed by atoms with van der Waals surface area (Å²) in [4.78, 5) is 11.7. The van der Waals surface area contributed by atoms with Crippen molar-refractivity contribution < 1.29 is 31.5 Å². The SMILES string of the molecule is O=C(Oc1ccccc1C(F)(F)F)c1cc(F)ccc1F. The van der Waals surface area contributed by atoms with Crippen molar-refractivity contribution in [2.45, 2.75) is 6.18 Å². The molecule has 0 aliphatic carbocycles. The third kappa shape index (κ3) is 3.36. The van der Waals surface area contributed by atoms with E-state index in [-0.39, 0.29) is 0 Å². The van der Waals surface area contributed by atoms with Gasteiger partial charge in [-0.3, -0.25) is 0 Å². The second-order valence-corrected chi connectivity index (χ2v) is 4.01. The number of hydrogen-bond donors (Lipinski definition) is 0. The summed E-state index contributed by atoms with van der Waals surface area (Å²) in [5, 5.41) is 0. The molecule has 0 aliphatic rings. The molecule has 0 amide bonds. The molecule has 2 aromatic carbocycles. The number of alkyl halides is 3. The number of esters is 1. The van der Waals surface area contributed by atoms with E-state index < -0.39 is 40.7 Å². The lowest BCUT2D eigenvalue weighted by atomic mass is 10.2. The molecular weight excluding hydrogens is 295 g/mol. The summed E-state index contributed by atoms with van der Waals surface area (Å²) in [6.45, 7) is 0. The molecule has 0 aromatic heterocycles. The summed E-state index contributed by atoms with van der Waals surface area (Å²) in [6, 6.07) is 5.97. The average Bonchev–Trinajstić information content (AvgIpc) is 2.41. The maximum absolute atomic E-state index is 13.4. The first-order valence-electron chi connectivity index (χ1n) is 5.62. The summed E-state index contributed by atoms with van der Waals surface area (Å²) < 4.78 is 69.0. The van der Waals surface area contributed by atoms with Crippen molar-refractivity contribution in [1.82, 2.24) is 0 Å². The smallest absolute Gasteiger partial charge is 0.419 e. The third-order valence-corrected chi connectivity index (χ3v) is 2.54. The van der Waals surface area contributed by atoms with Crippen molar-refractivity contribution in [1.29, 1.82) is 0 Å². The first kappa shape index (κ1) is 15.0. The maximum Gasteiger partial charge on any atom is 0.419 e. The number of halogens is 5. The lowest BCUT2D eigenvalue weighted by Gasteiger charge is -2.12. The Morgan fingerprint density at radius 1 is 1.00 bits per heavy atom. The van der Waals surface area contributed by atoms with E-state index >= 15 is 0 Å². The van der Waals surface area contributed by atoms with Crippen molar-refractivity contribution in [2.24, 2.45) is 0 Å². The second kappa shape index (κ2) is 5.51. The van der Waals surface area contributed by atoms with E-state index in [2.05, 4.69) is 4.74 Å². The van der Waals surface area contributed by atoms with Gasteiger partial charge in [0, 0.05) is 0 Å². The van der Waals surface area contributed by atoms with Gasteiger partial charge in [-0.2, -0.15) is 13.2 Å². The molecule has 0 atom stereocenters. The Morgan fingerprint density at radius 3 is 2.33 bits per heavy atom. The highest BCUT2D eigenvalue weighted by Crippen LogP contribution is 2.36. The van der Waals surface area contributed by atoms with Gasteiger partial charge < -0.3 is 4.74 Å². The number of para-hydroxylation sites is 1. The molecule has 0 saturated heterocycles. The van der Waals surface area contributed by atoms with Gasteiger partial charge in [-0.05, 0) is 30.3 Å². The van der Waals surface area contributed by atoms with E-state index in [4.69, 9.17) is 0 Å². The van der Waals surface area contributed by atoms with Gasteiger partial charge in [-0.15, -0.1) is 0 Å². The Bertz CT molecular complexity index is 679. The van der Waals surface area contributed by atoms with E-state index in [0.717, 1.165) is 18.2 Å². The molecule has 0 heterocycles. The number of ether oxygens (including phenoxy) is 1. The van der Waals surface area contributed by atoms with Crippen LogP contribution in [0.4, 0.5) is 22.0 Å². The molecule has 0 fully saturated rings. The zero-order valence-corrected chi connectivity index (χ0v) is 10.2. The number of carbonyl (C=O) groups is 1. The Labute approximate surface area is 115 Å². The summed E-state index contributed by atoms with van der Waals surface area (Å²) in [6.07, 6.45) is -4.74. The van der Waals surface area contributed by atoms with Crippen LogP contribution >= 0.6 is 0 Å². The van der Waals surface area contributed by atoms with Crippen molar-refractivity contribution in [3.63, 3.8) is 0 Å². The average molecular weight is 302 g/mol. The minimum atomic E-state index is -4.74. The van der Waals surface area contributed by atoms with E-state index in [0.29, 0.717) is 18.2 Å². The lowest BCUT2D eigenvalue weighted by Crippen LogP contribution is -2.15. The van der Waals surface area contributed by atoms with Crippen LogP contribution in [0.5, 0.6) is 5.75 Å². The summed E-state index contributed by atoms with van der Waals surface area (Å²) in [5.74, 6) is -4.19. The van der Waals surface area contributed by atoms with Crippen LogP contribution in [0.1, 0.15) is 15.9 Å². The fraction of sp³-hybridized carbons (Fsp3) is 0.0714. The highest BCUT2D eigenvalue weighted by Gasteiger charge is 2.34. The van der Waals surface area contributed by atoms with E-state index in [1.54, 1.807) is 0 Å². The number of hydrogen-bond acceptors (Lipinski definition) is 2. The topological polar surface area (TPSA) is 26.3 Å². The van der Waals surface area contributed by atoms with Gasteiger partial charge in [-0.25, -0.2) is 13.6 Å². The van der Waals surface area contributed by atoms with E-state index in [1.807, 2.05) is 0 Å². The number of rotatable bonds is 2. The lowest BCUT2D eigenvalue weighted by molar-refractivity contribution is -0.138. The number of carbonyl (C=O) groups excluding carboxylic acids is 1. The van der Waals surface area contributed by atoms with Crippen LogP contribution in [0.3, 0.4) is 0 Å². The second-order valence-electron chi connectivity index (χ2n) is 4.01. The minimum Gasteiger partial charge on any atom is -0.422 e. The molecule has 0 aliphatic heterocycles. The fourth-order valence-corrected chi connectivity index (χ4v) is 1.60. The van der Waals surface area contributed by atoms with Gasteiger partial charge in [0.15, 0.2) is 0 Å². The zero-order valence-electron chi connectivity index (χ0n) is 10.2. The molecule has 7 heteroatoms. The van der Waals surface area contributed by atoms with Crippen molar-refractivity contribution in [2.75, 3.05) is 0 Å². The minimum absolute atomic E-state index is 0.549. The van der Waals surface area contributed by atoms with Gasteiger partial charge in [0.25, 0.3) is 0 Å². The first-order chi connectivity index (χ1) is 9.79. The normalized spacial score (nSPS) is 11.3. The van der Waals surface area contributed by atoms with Crippen LogP contribution in [0.2, 0.25) is 0 Å². The molecule has 0 saturated carbocycles. The molecule has 110 valence electrons. The molecule has 0 radical (unpaired) electrons. The molecule has 2 rings (SSSR count). The third-order valence-electron chi connectivity index (χ3n) is 2.54. The Balaban J connectivity index is 2.35. The van der Waals surface area contributed by atoms with Gasteiger partial charge >= 0.3 is 12.1 Å². The fourth-order valence-electron chi connectivity index (χ4n) is 1.60. The van der Waals surface area contributed by atoms with Gasteiger partial charge in [0.05, 0.1) is 11.1 Å². The van der Waals surface area contributed by atoms with Crippen molar-refractivity contribution in [3.05, 3.63) is 65.2 Å². The first-order valence-corrected chi connectivity index (χ1v) is 5.62. The quantitative estimate of drug-likeness (QED) is 0.472. The van der Waals surface area contributed by atoms with Gasteiger partial charge in [0.2, 0.25) is 0 Å². The largest absolute Gasteiger partial charge is 0.422 e. The van der Waals surface area contributed by atoms with Crippen LogP contribution in [-0.2, 0) is 6.18 Å². The van der Waals surface area contributed by atoms with E-state index in [1.165, 1.54) is 6.07 Å². The van der Waals surface area contributed by atoms with Crippen molar-refractivity contribution >= 4 is 5.97 Å². The molecule has 0 spiro atoms. The highest BCUT2D eigenvalue weighted by atomic mass is 19.4. The maximum atomic E-state index is 13.4.